The van der Waals surface area contributed by atoms with Crippen LogP contribution in [0.25, 0.3) is 0 Å². The first-order chi connectivity index (χ1) is 17.5. The van der Waals surface area contributed by atoms with E-state index in [2.05, 4.69) is 6.08 Å². The number of carbonyl (C=O) groups excluding carboxylic acids is 3. The van der Waals surface area contributed by atoms with Gasteiger partial charge in [-0.05, 0) is 43.9 Å². The number of carbonyl (C=O) groups is 3. The molecule has 5 rings (SSSR count). The lowest BCUT2D eigenvalue weighted by molar-refractivity contribution is -0.145. The normalized spacial score (nSPS) is 34.0. The summed E-state index contributed by atoms with van der Waals surface area (Å²) in [5.74, 6) is -1.81. The molecule has 1 unspecified atom stereocenters. The van der Waals surface area contributed by atoms with Crippen LogP contribution in [0.15, 0.2) is 42.5 Å². The van der Waals surface area contributed by atoms with Gasteiger partial charge in [0.2, 0.25) is 11.8 Å². The van der Waals surface area contributed by atoms with Gasteiger partial charge in [0.15, 0.2) is 0 Å². The van der Waals surface area contributed by atoms with Crippen LogP contribution < -0.4 is 4.90 Å². The number of rotatable bonds is 4. The first-order valence-electron chi connectivity index (χ1n) is 13.1. The topological polar surface area (TPSA) is 81.2 Å². The molecule has 1 aromatic carbocycles. The Morgan fingerprint density at radius 2 is 1.73 bits per heavy atom. The van der Waals surface area contributed by atoms with Crippen molar-refractivity contribution in [2.24, 2.45) is 17.8 Å². The molecule has 6 atom stereocenters. The van der Waals surface area contributed by atoms with E-state index in [1.165, 1.54) is 0 Å². The van der Waals surface area contributed by atoms with Gasteiger partial charge >= 0.3 is 0 Å². The Morgan fingerprint density at radius 3 is 2.41 bits per heavy atom. The van der Waals surface area contributed by atoms with Crippen molar-refractivity contribution >= 4 is 35.2 Å². The molecule has 8 heteroatoms. The average molecular weight is 524 g/mol. The molecule has 4 heterocycles. The van der Waals surface area contributed by atoms with Crippen molar-refractivity contribution in [2.45, 2.75) is 56.2 Å². The van der Waals surface area contributed by atoms with E-state index in [1.807, 2.05) is 71.0 Å². The molecule has 0 radical (unpaired) electrons. The lowest BCUT2D eigenvalue weighted by Crippen LogP contribution is -2.58. The molecule has 2 fully saturated rings. The molecule has 0 saturated carbocycles. The zero-order chi connectivity index (χ0) is 26.9. The van der Waals surface area contributed by atoms with Crippen molar-refractivity contribution in [3.05, 3.63) is 53.6 Å². The third-order valence-electron chi connectivity index (χ3n) is 8.67. The lowest BCUT2D eigenvalue weighted by Gasteiger charge is -2.41. The van der Waals surface area contributed by atoms with E-state index in [-0.39, 0.29) is 30.2 Å². The number of fused-ring (bicyclic) bond motifs is 2. The monoisotopic (exact) mass is 523 g/mol. The predicted molar refractivity (Wildman–Crippen MR) is 146 cm³/mol. The number of nitrogens with zero attached hydrogens (tertiary/aromatic N) is 3. The summed E-state index contributed by atoms with van der Waals surface area (Å²) in [5, 5.41) is 10.4. The van der Waals surface area contributed by atoms with Crippen molar-refractivity contribution in [1.82, 2.24) is 9.80 Å². The van der Waals surface area contributed by atoms with Crippen LogP contribution in [0.2, 0.25) is 0 Å². The summed E-state index contributed by atoms with van der Waals surface area (Å²) in [7, 11) is 1.77. The molecule has 1 N–H and O–H groups in total. The quantitative estimate of drug-likeness (QED) is 0.614. The summed E-state index contributed by atoms with van der Waals surface area (Å²) in [5.41, 5.74) is 2.86. The Labute approximate surface area is 223 Å². The molecule has 4 aliphatic heterocycles. The number of amides is 3. The number of thioether (sulfide) groups is 1. The van der Waals surface area contributed by atoms with E-state index in [1.54, 1.807) is 33.5 Å². The van der Waals surface area contributed by atoms with Gasteiger partial charge in [-0.3, -0.25) is 14.4 Å². The van der Waals surface area contributed by atoms with Gasteiger partial charge in [-0.25, -0.2) is 0 Å². The van der Waals surface area contributed by atoms with Crippen LogP contribution in [0.4, 0.5) is 5.69 Å². The summed E-state index contributed by atoms with van der Waals surface area (Å²) >= 11 is 1.57. The molecule has 4 aliphatic rings. The second-order valence-electron chi connectivity index (χ2n) is 11.5. The van der Waals surface area contributed by atoms with Crippen LogP contribution in [-0.2, 0) is 14.4 Å². The zero-order valence-corrected chi connectivity index (χ0v) is 23.3. The molecule has 7 nitrogen and oxygen atoms in total. The van der Waals surface area contributed by atoms with Crippen molar-refractivity contribution < 1.29 is 19.5 Å². The van der Waals surface area contributed by atoms with Crippen molar-refractivity contribution in [1.29, 1.82) is 0 Å². The molecule has 198 valence electrons. The number of aliphatic hydroxyl groups excluding tert-OH is 1. The van der Waals surface area contributed by atoms with Gasteiger partial charge in [-0.2, -0.15) is 0 Å². The first kappa shape index (κ1) is 26.0. The van der Waals surface area contributed by atoms with Crippen molar-refractivity contribution in [2.75, 3.05) is 31.6 Å². The van der Waals surface area contributed by atoms with Gasteiger partial charge in [-0.1, -0.05) is 50.3 Å². The maximum absolute atomic E-state index is 14.6. The molecule has 0 bridgehead atoms. The maximum Gasteiger partial charge on any atom is 0.251 e. The van der Waals surface area contributed by atoms with Crippen LogP contribution in [0.1, 0.15) is 31.9 Å². The molecule has 1 spiro atoms. The largest absolute Gasteiger partial charge is 0.394 e. The number of benzene rings is 1. The number of aryl methyl sites for hydroxylation is 2. The minimum absolute atomic E-state index is 0.0668. The highest BCUT2D eigenvalue weighted by atomic mass is 32.2. The molecule has 2 saturated heterocycles. The fourth-order valence-electron chi connectivity index (χ4n) is 6.79. The smallest absolute Gasteiger partial charge is 0.251 e. The third kappa shape index (κ3) is 3.70. The van der Waals surface area contributed by atoms with Gasteiger partial charge in [0.1, 0.15) is 6.04 Å². The molecular formula is C29H37N3O4S. The van der Waals surface area contributed by atoms with E-state index in [0.717, 1.165) is 16.8 Å². The molecular weight excluding hydrogens is 486 g/mol. The van der Waals surface area contributed by atoms with Crippen LogP contribution in [0, 0.1) is 31.6 Å². The fraction of sp³-hybridized carbons (Fsp3) is 0.552. The van der Waals surface area contributed by atoms with Crippen LogP contribution in [-0.4, -0.2) is 80.9 Å². The van der Waals surface area contributed by atoms with E-state index in [9.17, 15) is 19.5 Å². The summed E-state index contributed by atoms with van der Waals surface area (Å²) in [4.78, 5) is 47.9. The van der Waals surface area contributed by atoms with Gasteiger partial charge < -0.3 is 19.8 Å². The number of hydrogen-bond donors (Lipinski definition) is 1. The molecule has 0 aliphatic carbocycles. The first-order valence-corrected chi connectivity index (χ1v) is 13.9. The van der Waals surface area contributed by atoms with E-state index in [4.69, 9.17) is 0 Å². The van der Waals surface area contributed by atoms with Gasteiger partial charge in [0, 0.05) is 30.6 Å². The van der Waals surface area contributed by atoms with Crippen molar-refractivity contribution in [3.8, 4) is 0 Å². The van der Waals surface area contributed by atoms with E-state index >= 15 is 0 Å². The minimum Gasteiger partial charge on any atom is -0.394 e. The highest BCUT2D eigenvalue weighted by Gasteiger charge is 2.74. The Bertz CT molecular complexity index is 1210. The Balaban J connectivity index is 1.71. The highest BCUT2D eigenvalue weighted by Crippen LogP contribution is 2.66. The fourth-order valence-corrected chi connectivity index (χ4v) is 8.93. The third-order valence-corrected chi connectivity index (χ3v) is 10.5. The van der Waals surface area contributed by atoms with E-state index in [0.29, 0.717) is 13.1 Å². The Kier molecular flexibility index (Phi) is 6.35. The number of anilines is 1. The highest BCUT2D eigenvalue weighted by molar-refractivity contribution is 8.02. The number of likely N-dealkylation sites (N-methyl/N-ethyl adjacent to an activating group) is 1. The van der Waals surface area contributed by atoms with Gasteiger partial charge in [0.25, 0.3) is 5.91 Å². The number of likely N-dealkylation sites (tertiary alicyclic amines) is 1. The van der Waals surface area contributed by atoms with Crippen LogP contribution in [0.3, 0.4) is 0 Å². The molecule has 0 aromatic heterocycles. The van der Waals surface area contributed by atoms with E-state index < -0.39 is 33.4 Å². The lowest BCUT2D eigenvalue weighted by atomic mass is 9.74. The molecule has 37 heavy (non-hydrogen) atoms. The standard InChI is InChI=1S/C29H37N3O4S/c1-17(2)21(16-33)32-24-27(36)31(20-15-18(3)9-10-19(20)4)14-8-12-29(24)23(26(32)35)22-25(34)30(6)13-7-11-28(22,5)37-29/h7-12,15,17,21-24,33H,13-14,16H2,1-6H3/t21-,22-,23-,24?,28+,29-/m0/s1. The Hall–Kier alpha value is -2.58. The second-order valence-corrected chi connectivity index (χ2v) is 13.3. The summed E-state index contributed by atoms with van der Waals surface area (Å²) in [6, 6.07) is 4.69. The van der Waals surface area contributed by atoms with Crippen molar-refractivity contribution in [3.63, 3.8) is 0 Å². The summed E-state index contributed by atoms with van der Waals surface area (Å²) in [6.45, 7) is 10.6. The number of hydrogen-bond acceptors (Lipinski definition) is 5. The number of aliphatic hydroxyl groups is 1. The summed E-state index contributed by atoms with van der Waals surface area (Å²) in [6.07, 6.45) is 8.08. The second kappa shape index (κ2) is 9.02. The van der Waals surface area contributed by atoms with Crippen LogP contribution >= 0.6 is 11.8 Å². The van der Waals surface area contributed by atoms with Gasteiger partial charge in [-0.15, -0.1) is 11.8 Å². The Morgan fingerprint density at radius 1 is 1.03 bits per heavy atom. The minimum atomic E-state index is -0.916. The maximum atomic E-state index is 14.6. The molecule has 3 amide bonds. The SMILES string of the molecule is Cc1ccc(C)c(N2CC=C[C@]34S[C@]5(C)C=CCN(C)C(=O)[C@@H]5[C@H]3C(=O)N([C@@H](CO)C(C)C)C4C2=O)c1. The predicted octanol–water partition coefficient (Wildman–Crippen LogP) is 2.94. The van der Waals surface area contributed by atoms with Gasteiger partial charge in [0.05, 0.1) is 29.2 Å². The molecule has 1 aromatic rings. The zero-order valence-electron chi connectivity index (χ0n) is 22.5. The van der Waals surface area contributed by atoms with Crippen LogP contribution in [0.5, 0.6) is 0 Å². The average Bonchev–Trinajstić information content (AvgIpc) is 3.11. The summed E-state index contributed by atoms with van der Waals surface area (Å²) < 4.78 is -1.54.